The van der Waals surface area contributed by atoms with Crippen molar-refractivity contribution in [3.8, 4) is 0 Å². The van der Waals surface area contributed by atoms with Crippen molar-refractivity contribution in [2.24, 2.45) is 0 Å². The first kappa shape index (κ1) is 19.3. The number of ether oxygens (including phenoxy) is 1. The molecule has 1 aliphatic carbocycles. The number of carbonyl (C=O) groups is 2. The second-order valence-corrected chi connectivity index (χ2v) is 7.93. The molecule has 0 N–H and O–H groups in total. The Kier molecular flexibility index (Phi) is 6.40. The van der Waals surface area contributed by atoms with Gasteiger partial charge in [0.2, 0.25) is 0 Å². The Bertz CT molecular complexity index is 815. The molecule has 1 aliphatic rings. The maximum Gasteiger partial charge on any atom is 0.331 e. The van der Waals surface area contributed by atoms with Gasteiger partial charge >= 0.3 is 5.97 Å². The maximum absolute atomic E-state index is 12.8. The number of aryl methyl sites for hydroxylation is 2. The predicted molar refractivity (Wildman–Crippen MR) is 107 cm³/mol. The van der Waals surface area contributed by atoms with Gasteiger partial charge in [0.1, 0.15) is 0 Å². The lowest BCUT2D eigenvalue weighted by Crippen LogP contribution is -2.34. The number of hydrogen-bond donors (Lipinski definition) is 0. The molecule has 5 nitrogen and oxygen atoms in total. The summed E-state index contributed by atoms with van der Waals surface area (Å²) in [6, 6.07) is 9.78. The lowest BCUT2D eigenvalue weighted by atomic mass is 10.0. The van der Waals surface area contributed by atoms with E-state index in [1.165, 1.54) is 17.4 Å². The molecule has 0 unspecified atom stereocenters. The number of fused-ring (bicyclic) bond motifs is 1. The third-order valence-electron chi connectivity index (χ3n) is 4.29. The fourth-order valence-electron chi connectivity index (χ4n) is 2.97. The van der Waals surface area contributed by atoms with Crippen LogP contribution < -0.4 is 4.90 Å². The van der Waals surface area contributed by atoms with E-state index in [-0.39, 0.29) is 12.5 Å². The van der Waals surface area contributed by atoms with E-state index in [0.717, 1.165) is 36.1 Å². The minimum absolute atomic E-state index is 0.263. The summed E-state index contributed by atoms with van der Waals surface area (Å²) in [5, 5.41) is 0.689. The summed E-state index contributed by atoms with van der Waals surface area (Å²) in [7, 11) is 0. The maximum atomic E-state index is 12.8. The van der Waals surface area contributed by atoms with E-state index in [2.05, 4.69) is 0 Å². The van der Waals surface area contributed by atoms with E-state index in [1.807, 2.05) is 44.2 Å². The number of allylic oxidation sites excluding steroid dienone is 1. The summed E-state index contributed by atoms with van der Waals surface area (Å²) in [6.07, 6.45) is 5.69. The van der Waals surface area contributed by atoms with Crippen LogP contribution in [-0.4, -0.2) is 23.5 Å². The number of nitrogens with zero attached hydrogens (tertiary/aromatic N) is 2. The van der Waals surface area contributed by atoms with Gasteiger partial charge < -0.3 is 4.74 Å². The first-order valence-electron chi connectivity index (χ1n) is 9.17. The van der Waals surface area contributed by atoms with Crippen LogP contribution in [0.5, 0.6) is 0 Å². The zero-order chi connectivity index (χ0) is 19.2. The molecule has 3 rings (SSSR count). The number of aromatic nitrogens is 1. The molecule has 1 heterocycles. The van der Waals surface area contributed by atoms with Crippen molar-refractivity contribution in [1.29, 1.82) is 0 Å². The summed E-state index contributed by atoms with van der Waals surface area (Å²) < 4.78 is 5.13. The molecule has 2 aromatic rings. The van der Waals surface area contributed by atoms with Crippen molar-refractivity contribution in [3.63, 3.8) is 0 Å². The first-order chi connectivity index (χ1) is 13.0. The lowest BCUT2D eigenvalue weighted by Gasteiger charge is -2.20. The van der Waals surface area contributed by atoms with E-state index in [1.54, 1.807) is 16.2 Å². The summed E-state index contributed by atoms with van der Waals surface area (Å²) in [6.45, 7) is 3.74. The van der Waals surface area contributed by atoms with Gasteiger partial charge in [0.15, 0.2) is 11.7 Å². The van der Waals surface area contributed by atoms with Crippen molar-refractivity contribution in [2.45, 2.75) is 46.1 Å². The van der Waals surface area contributed by atoms with Crippen molar-refractivity contribution >= 4 is 28.3 Å². The van der Waals surface area contributed by atoms with Crippen LogP contribution in [0, 0.1) is 0 Å². The third-order valence-corrected chi connectivity index (χ3v) is 5.47. The zero-order valence-corrected chi connectivity index (χ0v) is 16.6. The highest BCUT2D eigenvalue weighted by atomic mass is 32.1. The molecule has 0 saturated carbocycles. The highest BCUT2D eigenvalue weighted by molar-refractivity contribution is 7.15. The molecule has 0 radical (unpaired) electrons. The zero-order valence-electron chi connectivity index (χ0n) is 15.7. The average molecular weight is 385 g/mol. The number of benzene rings is 1. The molecule has 1 amide bonds. The fourth-order valence-corrected chi connectivity index (χ4v) is 4.14. The Morgan fingerprint density at radius 2 is 1.93 bits per heavy atom. The normalized spacial score (nSPS) is 12.8. The van der Waals surface area contributed by atoms with E-state index < -0.39 is 5.97 Å². The smallest absolute Gasteiger partial charge is 0.331 e. The second-order valence-electron chi connectivity index (χ2n) is 6.87. The number of rotatable bonds is 6. The highest BCUT2D eigenvalue weighted by Crippen LogP contribution is 2.32. The van der Waals surface area contributed by atoms with Crippen LogP contribution in [0.3, 0.4) is 0 Å². The van der Waals surface area contributed by atoms with Crippen LogP contribution in [0.25, 0.3) is 0 Å². The van der Waals surface area contributed by atoms with Crippen molar-refractivity contribution in [2.75, 3.05) is 11.5 Å². The van der Waals surface area contributed by atoms with E-state index >= 15 is 0 Å². The van der Waals surface area contributed by atoms with Gasteiger partial charge in [0, 0.05) is 11.0 Å². The van der Waals surface area contributed by atoms with E-state index in [0.29, 0.717) is 11.7 Å². The second kappa shape index (κ2) is 8.95. The van der Waals surface area contributed by atoms with Gasteiger partial charge in [-0.3, -0.25) is 9.69 Å². The number of anilines is 1. The van der Waals surface area contributed by atoms with Crippen LogP contribution >= 0.6 is 11.3 Å². The largest absolute Gasteiger partial charge is 0.452 e. The van der Waals surface area contributed by atoms with Gasteiger partial charge in [-0.1, -0.05) is 35.9 Å². The molecule has 6 heteroatoms. The SMILES string of the molecule is CC(C)=CC(=O)OCC(=O)N(Cc1ccccc1)c1nc2c(s1)CCCC2. The molecule has 0 aliphatic heterocycles. The van der Waals surface area contributed by atoms with Crippen molar-refractivity contribution in [3.05, 3.63) is 58.1 Å². The molecule has 142 valence electrons. The average Bonchev–Trinajstić information content (AvgIpc) is 3.08. The van der Waals surface area contributed by atoms with Crippen LogP contribution in [0.4, 0.5) is 5.13 Å². The minimum Gasteiger partial charge on any atom is -0.452 e. The fraction of sp³-hybridized carbons (Fsp3) is 0.381. The van der Waals surface area contributed by atoms with Crippen molar-refractivity contribution < 1.29 is 14.3 Å². The van der Waals surface area contributed by atoms with Gasteiger partial charge in [-0.15, -0.1) is 11.3 Å². The Morgan fingerprint density at radius 1 is 1.19 bits per heavy atom. The molecule has 0 atom stereocenters. The van der Waals surface area contributed by atoms with Gasteiger partial charge in [0.05, 0.1) is 12.2 Å². The Morgan fingerprint density at radius 3 is 2.63 bits per heavy atom. The monoisotopic (exact) mass is 384 g/mol. The topological polar surface area (TPSA) is 59.5 Å². The molecule has 0 fully saturated rings. The summed E-state index contributed by atoms with van der Waals surface area (Å²) in [5.74, 6) is -0.762. The van der Waals surface area contributed by atoms with Crippen LogP contribution in [0.1, 0.15) is 42.8 Å². The van der Waals surface area contributed by atoms with Gasteiger partial charge in [-0.05, 0) is 45.1 Å². The summed E-state index contributed by atoms with van der Waals surface area (Å²) in [5.41, 5.74) is 2.95. The number of amides is 1. The molecule has 27 heavy (non-hydrogen) atoms. The molecular formula is C21H24N2O3S. The summed E-state index contributed by atoms with van der Waals surface area (Å²) >= 11 is 1.58. The predicted octanol–water partition coefficient (Wildman–Crippen LogP) is 4.06. The molecule has 1 aromatic heterocycles. The van der Waals surface area contributed by atoms with Crippen LogP contribution in [0.2, 0.25) is 0 Å². The molecule has 0 spiro atoms. The van der Waals surface area contributed by atoms with Gasteiger partial charge in [-0.2, -0.15) is 0 Å². The molecule has 1 aromatic carbocycles. The van der Waals surface area contributed by atoms with Gasteiger partial charge in [-0.25, -0.2) is 9.78 Å². The first-order valence-corrected chi connectivity index (χ1v) is 9.99. The van der Waals surface area contributed by atoms with Gasteiger partial charge in [0.25, 0.3) is 5.91 Å². The van der Waals surface area contributed by atoms with Crippen LogP contribution in [0.15, 0.2) is 42.0 Å². The Hall–Kier alpha value is -2.47. The number of esters is 1. The van der Waals surface area contributed by atoms with E-state index in [4.69, 9.17) is 9.72 Å². The van der Waals surface area contributed by atoms with E-state index in [9.17, 15) is 9.59 Å². The standard InChI is InChI=1S/C21H24N2O3S/c1-15(2)12-20(25)26-14-19(24)23(13-16-8-4-3-5-9-16)21-22-17-10-6-7-11-18(17)27-21/h3-5,8-9,12H,6-7,10-11,13-14H2,1-2H3. The quantitative estimate of drug-likeness (QED) is 0.557. The molecule has 0 bridgehead atoms. The number of carbonyl (C=O) groups excluding carboxylic acids is 2. The Labute approximate surface area is 163 Å². The molecular weight excluding hydrogens is 360 g/mol. The number of hydrogen-bond acceptors (Lipinski definition) is 5. The van der Waals surface area contributed by atoms with Crippen molar-refractivity contribution in [1.82, 2.24) is 4.98 Å². The highest BCUT2D eigenvalue weighted by Gasteiger charge is 2.24. The molecule has 0 saturated heterocycles. The van der Waals surface area contributed by atoms with Crippen LogP contribution in [-0.2, 0) is 33.7 Å². The third kappa shape index (κ3) is 5.26. The Balaban J connectivity index is 1.79. The lowest BCUT2D eigenvalue weighted by molar-refractivity contribution is -0.143. The summed E-state index contributed by atoms with van der Waals surface area (Å²) in [4.78, 5) is 32.2. The minimum atomic E-state index is -0.499. The number of thiazole rings is 1.